The zero-order valence-corrected chi connectivity index (χ0v) is 17.0. The Balaban J connectivity index is 1.40. The van der Waals surface area contributed by atoms with Crippen molar-refractivity contribution in [3.63, 3.8) is 0 Å². The highest BCUT2D eigenvalue weighted by molar-refractivity contribution is 5.56. The topological polar surface area (TPSA) is 84.4 Å². The van der Waals surface area contributed by atoms with Gasteiger partial charge in [-0.05, 0) is 49.2 Å². The molecule has 4 N–H and O–H groups in total. The van der Waals surface area contributed by atoms with Crippen LogP contribution in [0.5, 0.6) is 0 Å². The first kappa shape index (κ1) is 19.1. The summed E-state index contributed by atoms with van der Waals surface area (Å²) in [5.74, 6) is 1.48. The summed E-state index contributed by atoms with van der Waals surface area (Å²) < 4.78 is 0. The van der Waals surface area contributed by atoms with Crippen LogP contribution in [0.2, 0.25) is 0 Å². The van der Waals surface area contributed by atoms with E-state index >= 15 is 0 Å². The average molecular weight is 391 g/mol. The van der Waals surface area contributed by atoms with Gasteiger partial charge in [-0.25, -0.2) is 0 Å². The van der Waals surface area contributed by atoms with Gasteiger partial charge in [0, 0.05) is 11.4 Å². The Hall–Kier alpha value is -3.19. The number of piperazine rings is 1. The third-order valence-corrected chi connectivity index (χ3v) is 5.46. The van der Waals surface area contributed by atoms with Gasteiger partial charge in [0.25, 0.3) is 0 Å². The van der Waals surface area contributed by atoms with Crippen LogP contribution in [0.1, 0.15) is 17.0 Å². The summed E-state index contributed by atoms with van der Waals surface area (Å²) in [5.41, 5.74) is 10.7. The Morgan fingerprint density at radius 3 is 2.45 bits per heavy atom. The Kier molecular flexibility index (Phi) is 5.57. The maximum absolute atomic E-state index is 5.95. The number of aryl methyl sites for hydroxylation is 2. The van der Waals surface area contributed by atoms with E-state index in [1.165, 1.54) is 21.7 Å². The van der Waals surface area contributed by atoms with Crippen molar-refractivity contribution >= 4 is 23.3 Å². The highest BCUT2D eigenvalue weighted by atomic mass is 15.3. The summed E-state index contributed by atoms with van der Waals surface area (Å²) in [6.45, 7) is 9.06. The van der Waals surface area contributed by atoms with Crippen molar-refractivity contribution in [2.24, 2.45) is 0 Å². The monoisotopic (exact) mass is 390 g/mol. The first-order chi connectivity index (χ1) is 14.1. The minimum atomic E-state index is 0.253. The lowest BCUT2D eigenvalue weighted by molar-refractivity contribution is -0.915. The van der Waals surface area contributed by atoms with Crippen LogP contribution in [-0.4, -0.2) is 41.1 Å². The molecule has 7 heteroatoms. The highest BCUT2D eigenvalue weighted by Gasteiger charge is 2.21. The average Bonchev–Trinajstić information content (AvgIpc) is 2.72. The molecule has 1 saturated heterocycles. The SMILES string of the molecule is Cc1ccc(Nc2nc(N)nc(C[NH+]3CCN(c4ccccc4)CC3)n2)cc1C. The van der Waals surface area contributed by atoms with E-state index in [4.69, 9.17) is 5.73 Å². The predicted octanol–water partition coefficient (Wildman–Crippen LogP) is 1.72. The highest BCUT2D eigenvalue weighted by Crippen LogP contribution is 2.18. The third kappa shape index (κ3) is 4.81. The number of nitrogen functional groups attached to an aromatic ring is 1. The van der Waals surface area contributed by atoms with Crippen LogP contribution in [0.25, 0.3) is 0 Å². The van der Waals surface area contributed by atoms with E-state index in [1.807, 2.05) is 6.07 Å². The summed E-state index contributed by atoms with van der Waals surface area (Å²) >= 11 is 0. The van der Waals surface area contributed by atoms with Crippen LogP contribution in [0.3, 0.4) is 0 Å². The van der Waals surface area contributed by atoms with Crippen molar-refractivity contribution in [3.8, 4) is 0 Å². The first-order valence-corrected chi connectivity index (χ1v) is 10.0. The molecule has 2 aromatic carbocycles. The quantitative estimate of drug-likeness (QED) is 0.615. The van der Waals surface area contributed by atoms with Gasteiger partial charge >= 0.3 is 0 Å². The van der Waals surface area contributed by atoms with E-state index in [0.717, 1.165) is 44.2 Å². The van der Waals surface area contributed by atoms with E-state index in [0.29, 0.717) is 5.95 Å². The maximum Gasteiger partial charge on any atom is 0.232 e. The van der Waals surface area contributed by atoms with Crippen molar-refractivity contribution in [1.29, 1.82) is 0 Å². The molecule has 0 saturated carbocycles. The van der Waals surface area contributed by atoms with Crippen molar-refractivity contribution in [1.82, 2.24) is 15.0 Å². The number of para-hydroxylation sites is 1. The van der Waals surface area contributed by atoms with Crippen LogP contribution in [0.4, 0.5) is 23.3 Å². The lowest BCUT2D eigenvalue weighted by Gasteiger charge is -2.33. The Morgan fingerprint density at radius 2 is 1.72 bits per heavy atom. The second-order valence-electron chi connectivity index (χ2n) is 7.61. The molecular formula is C22H28N7+. The van der Waals surface area contributed by atoms with Crippen molar-refractivity contribution in [2.75, 3.05) is 42.1 Å². The molecule has 1 aliphatic heterocycles. The molecule has 1 aromatic heterocycles. The molecule has 0 unspecified atom stereocenters. The van der Waals surface area contributed by atoms with Gasteiger partial charge < -0.3 is 20.9 Å². The van der Waals surface area contributed by atoms with Crippen molar-refractivity contribution in [3.05, 3.63) is 65.5 Å². The largest absolute Gasteiger partial charge is 0.368 e. The Labute approximate surface area is 171 Å². The van der Waals surface area contributed by atoms with Gasteiger partial charge in [0.2, 0.25) is 11.9 Å². The molecule has 4 rings (SSSR count). The summed E-state index contributed by atoms with van der Waals surface area (Å²) in [7, 11) is 0. The smallest absolute Gasteiger partial charge is 0.232 e. The Morgan fingerprint density at radius 1 is 0.966 bits per heavy atom. The minimum Gasteiger partial charge on any atom is -0.368 e. The summed E-state index contributed by atoms with van der Waals surface area (Å²) in [5, 5.41) is 3.26. The molecule has 0 atom stereocenters. The molecule has 1 aliphatic rings. The minimum absolute atomic E-state index is 0.253. The Bertz CT molecular complexity index is 966. The second-order valence-corrected chi connectivity index (χ2v) is 7.61. The number of anilines is 4. The number of hydrogen-bond donors (Lipinski definition) is 3. The van der Waals surface area contributed by atoms with E-state index in [1.54, 1.807) is 0 Å². The fraction of sp³-hybridized carbons (Fsp3) is 0.318. The number of benzene rings is 2. The number of aromatic nitrogens is 3. The second kappa shape index (κ2) is 8.45. The first-order valence-electron chi connectivity index (χ1n) is 10.0. The van der Waals surface area contributed by atoms with Crippen molar-refractivity contribution < 1.29 is 4.90 Å². The van der Waals surface area contributed by atoms with Crippen LogP contribution in [0.15, 0.2) is 48.5 Å². The number of rotatable bonds is 5. The molecule has 150 valence electrons. The molecule has 0 radical (unpaired) electrons. The fourth-order valence-corrected chi connectivity index (χ4v) is 3.64. The van der Waals surface area contributed by atoms with Gasteiger partial charge in [0.15, 0.2) is 5.82 Å². The van der Waals surface area contributed by atoms with Gasteiger partial charge in [-0.1, -0.05) is 24.3 Å². The molecule has 0 bridgehead atoms. The van der Waals surface area contributed by atoms with Gasteiger partial charge in [-0.2, -0.15) is 15.0 Å². The predicted molar refractivity (Wildman–Crippen MR) is 116 cm³/mol. The zero-order valence-electron chi connectivity index (χ0n) is 17.0. The van der Waals surface area contributed by atoms with Crippen LogP contribution < -0.4 is 20.9 Å². The standard InChI is InChI=1S/C22H27N7/c1-16-8-9-18(14-17(16)2)24-22-26-20(25-21(23)27-22)15-28-10-12-29(13-11-28)19-6-4-3-5-7-19/h3-9,14H,10-13,15H2,1-2H3,(H3,23,24,25,26,27)/p+1. The van der Waals surface area contributed by atoms with E-state index < -0.39 is 0 Å². The zero-order chi connectivity index (χ0) is 20.2. The van der Waals surface area contributed by atoms with Gasteiger partial charge in [-0.3, -0.25) is 0 Å². The summed E-state index contributed by atoms with van der Waals surface area (Å²) in [6.07, 6.45) is 0. The number of quaternary nitrogens is 1. The molecule has 1 fully saturated rings. The van der Waals surface area contributed by atoms with Gasteiger partial charge in [-0.15, -0.1) is 0 Å². The maximum atomic E-state index is 5.95. The van der Waals surface area contributed by atoms with Crippen LogP contribution in [0, 0.1) is 13.8 Å². The summed E-state index contributed by atoms with van der Waals surface area (Å²) in [6, 6.07) is 16.8. The van der Waals surface area contributed by atoms with Gasteiger partial charge in [0.1, 0.15) is 6.54 Å². The number of hydrogen-bond acceptors (Lipinski definition) is 6. The van der Waals surface area contributed by atoms with Crippen LogP contribution in [-0.2, 0) is 6.54 Å². The van der Waals surface area contributed by atoms with Crippen LogP contribution >= 0.6 is 0 Å². The molecule has 0 spiro atoms. The van der Waals surface area contributed by atoms with Crippen molar-refractivity contribution in [2.45, 2.75) is 20.4 Å². The fourth-order valence-electron chi connectivity index (χ4n) is 3.64. The molecule has 29 heavy (non-hydrogen) atoms. The molecule has 3 aromatic rings. The molecule has 2 heterocycles. The number of nitrogens with one attached hydrogen (secondary N) is 2. The normalized spacial score (nSPS) is 14.8. The van der Waals surface area contributed by atoms with E-state index in [9.17, 15) is 0 Å². The lowest BCUT2D eigenvalue weighted by atomic mass is 10.1. The number of nitrogens with zero attached hydrogens (tertiary/aromatic N) is 4. The summed E-state index contributed by atoms with van der Waals surface area (Å²) in [4.78, 5) is 17.1. The molecule has 0 aliphatic carbocycles. The molecule has 7 nitrogen and oxygen atoms in total. The molecule has 0 amide bonds. The lowest BCUT2D eigenvalue weighted by Crippen LogP contribution is -3.13. The van der Waals surface area contributed by atoms with E-state index in [2.05, 4.69) is 81.5 Å². The number of nitrogens with two attached hydrogens (primary N) is 1. The molecular weight excluding hydrogens is 362 g/mol. The van der Waals surface area contributed by atoms with E-state index in [-0.39, 0.29) is 5.95 Å². The van der Waals surface area contributed by atoms with Gasteiger partial charge in [0.05, 0.1) is 26.2 Å². The third-order valence-electron chi connectivity index (χ3n) is 5.46.